The summed E-state index contributed by atoms with van der Waals surface area (Å²) in [7, 11) is 0. The van der Waals surface area contributed by atoms with Crippen molar-refractivity contribution in [3.63, 3.8) is 0 Å². The van der Waals surface area contributed by atoms with Crippen molar-refractivity contribution in [2.45, 2.75) is 59.3 Å². The van der Waals surface area contributed by atoms with Crippen LogP contribution in [-0.4, -0.2) is 11.5 Å². The molecule has 0 aliphatic heterocycles. The van der Waals surface area contributed by atoms with E-state index < -0.39 is 0 Å². The van der Waals surface area contributed by atoms with Gasteiger partial charge in [-0.25, -0.2) is 4.98 Å². The molecule has 2 nitrogen and oxygen atoms in total. The van der Waals surface area contributed by atoms with Crippen molar-refractivity contribution in [1.82, 2.24) is 4.98 Å². The van der Waals surface area contributed by atoms with Gasteiger partial charge in [0.25, 0.3) is 0 Å². The lowest BCUT2D eigenvalue weighted by Crippen LogP contribution is -2.25. The molecule has 1 fully saturated rings. The number of anilines is 1. The van der Waals surface area contributed by atoms with Gasteiger partial charge in [0.05, 0.1) is 0 Å². The van der Waals surface area contributed by atoms with E-state index in [4.69, 9.17) is 0 Å². The van der Waals surface area contributed by atoms with Crippen LogP contribution in [0.5, 0.6) is 0 Å². The average molecular weight is 266 g/mol. The third-order valence-corrected chi connectivity index (χ3v) is 5.32. The minimum Gasteiger partial charge on any atom is -0.362 e. The van der Waals surface area contributed by atoms with Gasteiger partial charge in [0.2, 0.25) is 0 Å². The lowest BCUT2D eigenvalue weighted by Gasteiger charge is -2.36. The summed E-state index contributed by atoms with van der Waals surface area (Å²) in [5, 5.41) is 4.40. The number of rotatable bonds is 3. The Morgan fingerprint density at radius 2 is 1.94 bits per heavy atom. The summed E-state index contributed by atoms with van der Waals surface area (Å²) in [5.41, 5.74) is 0.480. The fraction of sp³-hybridized carbons (Fsp3) is 0.800. The first-order valence-electron chi connectivity index (χ1n) is 7.20. The topological polar surface area (TPSA) is 24.9 Å². The maximum Gasteiger partial charge on any atom is 0.182 e. The van der Waals surface area contributed by atoms with Crippen molar-refractivity contribution in [2.75, 3.05) is 11.9 Å². The van der Waals surface area contributed by atoms with Gasteiger partial charge in [-0.15, -0.1) is 11.3 Å². The van der Waals surface area contributed by atoms with Crippen molar-refractivity contribution in [2.24, 2.45) is 11.3 Å². The predicted molar refractivity (Wildman–Crippen MR) is 80.4 cm³/mol. The summed E-state index contributed by atoms with van der Waals surface area (Å²) in [5.74, 6) is 1.66. The van der Waals surface area contributed by atoms with E-state index >= 15 is 0 Å². The minimum absolute atomic E-state index is 0.480. The molecule has 1 aliphatic rings. The molecule has 1 saturated carbocycles. The molecule has 0 atom stereocenters. The highest BCUT2D eigenvalue weighted by atomic mass is 32.1. The lowest BCUT2D eigenvalue weighted by atomic mass is 9.70. The van der Waals surface area contributed by atoms with Crippen LogP contribution in [0.25, 0.3) is 0 Å². The van der Waals surface area contributed by atoms with E-state index in [0.717, 1.165) is 23.5 Å². The number of nitrogens with zero attached hydrogens (tertiary/aromatic N) is 1. The summed E-state index contributed by atoms with van der Waals surface area (Å²) in [6.07, 6.45) is 7.53. The van der Waals surface area contributed by atoms with Crippen molar-refractivity contribution in [3.05, 3.63) is 11.1 Å². The van der Waals surface area contributed by atoms with Gasteiger partial charge in [-0.3, -0.25) is 0 Å². The van der Waals surface area contributed by atoms with Crippen LogP contribution in [0.3, 0.4) is 0 Å². The normalized spacial score (nSPS) is 25.1. The molecule has 1 N–H and O–H groups in total. The van der Waals surface area contributed by atoms with Crippen LogP contribution in [0.15, 0.2) is 6.20 Å². The second-order valence-corrected chi connectivity index (χ2v) is 7.57. The summed E-state index contributed by atoms with van der Waals surface area (Å²) in [4.78, 5) is 5.94. The first-order chi connectivity index (χ1) is 8.50. The van der Waals surface area contributed by atoms with Gasteiger partial charge in [0, 0.05) is 17.6 Å². The third-order valence-electron chi connectivity index (χ3n) is 4.21. The second kappa shape index (κ2) is 5.60. The van der Waals surface area contributed by atoms with Crippen molar-refractivity contribution in [1.29, 1.82) is 0 Å². The fourth-order valence-corrected chi connectivity index (χ4v) is 4.01. The molecule has 18 heavy (non-hydrogen) atoms. The lowest BCUT2D eigenvalue weighted by molar-refractivity contribution is 0.170. The van der Waals surface area contributed by atoms with E-state index in [-0.39, 0.29) is 0 Å². The Bertz CT molecular complexity index is 370. The van der Waals surface area contributed by atoms with E-state index in [0.29, 0.717) is 5.41 Å². The Morgan fingerprint density at radius 1 is 1.28 bits per heavy atom. The molecule has 1 aliphatic carbocycles. The fourth-order valence-electron chi connectivity index (χ4n) is 2.95. The third kappa shape index (κ3) is 3.25. The number of hydrogen-bond donors (Lipinski definition) is 1. The van der Waals surface area contributed by atoms with E-state index in [1.807, 2.05) is 11.3 Å². The zero-order valence-corrected chi connectivity index (χ0v) is 12.9. The van der Waals surface area contributed by atoms with Gasteiger partial charge in [-0.05, 0) is 49.9 Å². The molecule has 1 aromatic heterocycles. The smallest absolute Gasteiger partial charge is 0.182 e. The molecule has 3 heteroatoms. The molecule has 0 unspecified atom stereocenters. The van der Waals surface area contributed by atoms with Crippen molar-refractivity contribution < 1.29 is 0 Å². The first-order valence-corrected chi connectivity index (χ1v) is 8.02. The SMILES string of the molecule is CCNc1ncc(C2CCC(C(C)(C)C)CC2)s1. The van der Waals surface area contributed by atoms with Gasteiger partial charge in [0.15, 0.2) is 5.13 Å². The van der Waals surface area contributed by atoms with Gasteiger partial charge in [0.1, 0.15) is 0 Å². The molecular weight excluding hydrogens is 240 g/mol. The van der Waals surface area contributed by atoms with E-state index in [1.54, 1.807) is 0 Å². The van der Waals surface area contributed by atoms with Crippen LogP contribution in [-0.2, 0) is 0 Å². The average Bonchev–Trinajstić information content (AvgIpc) is 2.77. The van der Waals surface area contributed by atoms with Crippen LogP contribution in [0.2, 0.25) is 0 Å². The Morgan fingerprint density at radius 3 is 2.50 bits per heavy atom. The molecule has 0 saturated heterocycles. The predicted octanol–water partition coefficient (Wildman–Crippen LogP) is 4.89. The Balaban J connectivity index is 1.92. The maximum absolute atomic E-state index is 4.46. The number of hydrogen-bond acceptors (Lipinski definition) is 3. The summed E-state index contributed by atoms with van der Waals surface area (Å²) >= 11 is 1.85. The molecule has 0 radical (unpaired) electrons. The molecule has 1 aromatic rings. The van der Waals surface area contributed by atoms with Crippen LogP contribution in [0.4, 0.5) is 5.13 Å². The standard InChI is InChI=1S/C15H26N2S/c1-5-16-14-17-10-13(18-14)11-6-8-12(9-7-11)15(2,3)4/h10-12H,5-9H2,1-4H3,(H,16,17). The monoisotopic (exact) mass is 266 g/mol. The highest BCUT2D eigenvalue weighted by Gasteiger charge is 2.30. The minimum atomic E-state index is 0.480. The Labute approximate surface area is 115 Å². The van der Waals surface area contributed by atoms with E-state index in [2.05, 4.69) is 44.2 Å². The maximum atomic E-state index is 4.46. The van der Waals surface area contributed by atoms with Gasteiger partial charge < -0.3 is 5.32 Å². The molecule has 102 valence electrons. The van der Waals surface area contributed by atoms with Crippen molar-refractivity contribution in [3.8, 4) is 0 Å². The van der Waals surface area contributed by atoms with Gasteiger partial charge in [-0.1, -0.05) is 20.8 Å². The summed E-state index contributed by atoms with van der Waals surface area (Å²) < 4.78 is 0. The molecule has 0 spiro atoms. The molecule has 0 amide bonds. The Kier molecular flexibility index (Phi) is 4.31. The Hall–Kier alpha value is -0.570. The quantitative estimate of drug-likeness (QED) is 0.842. The number of aromatic nitrogens is 1. The van der Waals surface area contributed by atoms with Gasteiger partial charge >= 0.3 is 0 Å². The molecule has 0 bridgehead atoms. The zero-order chi connectivity index (χ0) is 13.2. The van der Waals surface area contributed by atoms with E-state index in [1.165, 1.54) is 30.6 Å². The highest BCUT2D eigenvalue weighted by Crippen LogP contribution is 2.44. The first kappa shape index (κ1) is 13.9. The van der Waals surface area contributed by atoms with Crippen LogP contribution in [0, 0.1) is 11.3 Å². The summed E-state index contributed by atoms with van der Waals surface area (Å²) in [6, 6.07) is 0. The molecule has 1 heterocycles. The van der Waals surface area contributed by atoms with Crippen molar-refractivity contribution >= 4 is 16.5 Å². The molecule has 0 aromatic carbocycles. The highest BCUT2D eigenvalue weighted by molar-refractivity contribution is 7.15. The molecule has 2 rings (SSSR count). The van der Waals surface area contributed by atoms with Crippen LogP contribution >= 0.6 is 11.3 Å². The summed E-state index contributed by atoms with van der Waals surface area (Å²) in [6.45, 7) is 10.2. The number of thiazole rings is 1. The van der Waals surface area contributed by atoms with E-state index in [9.17, 15) is 0 Å². The molecular formula is C15H26N2S. The second-order valence-electron chi connectivity index (χ2n) is 6.51. The largest absolute Gasteiger partial charge is 0.362 e. The zero-order valence-electron chi connectivity index (χ0n) is 12.1. The van der Waals surface area contributed by atoms with Crippen LogP contribution in [0.1, 0.15) is 64.2 Å². The van der Waals surface area contributed by atoms with Crippen LogP contribution < -0.4 is 5.32 Å². The van der Waals surface area contributed by atoms with Gasteiger partial charge in [-0.2, -0.15) is 0 Å². The number of nitrogens with one attached hydrogen (secondary N) is 1.